The Morgan fingerprint density at radius 2 is 2.12 bits per heavy atom. The summed E-state index contributed by atoms with van der Waals surface area (Å²) < 4.78 is 1.16. The second-order valence-electron chi connectivity index (χ2n) is 4.82. The molecule has 1 saturated heterocycles. The summed E-state index contributed by atoms with van der Waals surface area (Å²) in [6.45, 7) is 7.01. The van der Waals surface area contributed by atoms with E-state index in [9.17, 15) is 0 Å². The van der Waals surface area contributed by atoms with Crippen LogP contribution in [0.4, 0.5) is 0 Å². The molecule has 94 valence electrons. The Morgan fingerprint density at radius 3 is 2.82 bits per heavy atom. The van der Waals surface area contributed by atoms with E-state index in [4.69, 9.17) is 0 Å². The van der Waals surface area contributed by atoms with Gasteiger partial charge < -0.3 is 5.32 Å². The zero-order valence-electron chi connectivity index (χ0n) is 10.5. The van der Waals surface area contributed by atoms with E-state index in [2.05, 4.69) is 57.3 Å². The van der Waals surface area contributed by atoms with Crippen LogP contribution in [0.3, 0.4) is 0 Å². The summed E-state index contributed by atoms with van der Waals surface area (Å²) in [5.74, 6) is 0. The van der Waals surface area contributed by atoms with Crippen LogP contribution in [-0.2, 0) is 6.42 Å². The monoisotopic (exact) mass is 296 g/mol. The Bertz CT molecular complexity index is 337. The maximum Gasteiger partial charge on any atom is 0.0192 e. The van der Waals surface area contributed by atoms with Gasteiger partial charge in [-0.1, -0.05) is 28.1 Å². The Kier molecular flexibility index (Phi) is 5.01. The van der Waals surface area contributed by atoms with Crippen LogP contribution < -0.4 is 5.32 Å². The SMILES string of the molecule is CC1CNCCN1CCCc1ccc(Br)cc1. The van der Waals surface area contributed by atoms with Gasteiger partial charge in [-0.25, -0.2) is 0 Å². The van der Waals surface area contributed by atoms with Gasteiger partial charge in [0.15, 0.2) is 0 Å². The van der Waals surface area contributed by atoms with Gasteiger partial charge in [0.05, 0.1) is 0 Å². The van der Waals surface area contributed by atoms with Crippen LogP contribution in [0.1, 0.15) is 18.9 Å². The summed E-state index contributed by atoms with van der Waals surface area (Å²) in [7, 11) is 0. The topological polar surface area (TPSA) is 15.3 Å². The van der Waals surface area contributed by atoms with Gasteiger partial charge in [0.1, 0.15) is 0 Å². The van der Waals surface area contributed by atoms with E-state index in [0.717, 1.165) is 17.6 Å². The maximum absolute atomic E-state index is 3.47. The van der Waals surface area contributed by atoms with Gasteiger partial charge >= 0.3 is 0 Å². The third-order valence-electron chi connectivity index (χ3n) is 3.46. The molecule has 0 bridgehead atoms. The summed E-state index contributed by atoms with van der Waals surface area (Å²) in [4.78, 5) is 2.59. The van der Waals surface area contributed by atoms with Crippen molar-refractivity contribution in [3.8, 4) is 0 Å². The molecule has 2 nitrogen and oxygen atoms in total. The molecule has 1 heterocycles. The van der Waals surface area contributed by atoms with Gasteiger partial charge in [-0.3, -0.25) is 4.90 Å². The molecule has 0 aromatic heterocycles. The molecule has 1 unspecified atom stereocenters. The molecule has 1 atom stereocenters. The van der Waals surface area contributed by atoms with Crippen LogP contribution in [0.2, 0.25) is 0 Å². The Balaban J connectivity index is 1.73. The molecule has 0 aliphatic carbocycles. The summed E-state index contributed by atoms with van der Waals surface area (Å²) in [6.07, 6.45) is 2.44. The van der Waals surface area contributed by atoms with E-state index in [0.29, 0.717) is 6.04 Å². The third-order valence-corrected chi connectivity index (χ3v) is 3.99. The molecular formula is C14H21BrN2. The highest BCUT2D eigenvalue weighted by Gasteiger charge is 2.16. The van der Waals surface area contributed by atoms with Gasteiger partial charge in [0.2, 0.25) is 0 Å². The first kappa shape index (κ1) is 13.1. The van der Waals surface area contributed by atoms with E-state index < -0.39 is 0 Å². The maximum atomic E-state index is 3.47. The van der Waals surface area contributed by atoms with Crippen LogP contribution in [0.15, 0.2) is 28.7 Å². The highest BCUT2D eigenvalue weighted by Crippen LogP contribution is 2.12. The molecule has 0 spiro atoms. The Hall–Kier alpha value is -0.380. The zero-order valence-corrected chi connectivity index (χ0v) is 12.0. The molecule has 1 aliphatic rings. The van der Waals surface area contributed by atoms with E-state index in [-0.39, 0.29) is 0 Å². The number of nitrogens with zero attached hydrogens (tertiary/aromatic N) is 1. The average Bonchev–Trinajstić information content (AvgIpc) is 2.34. The molecule has 1 aromatic rings. The predicted molar refractivity (Wildman–Crippen MR) is 76.4 cm³/mol. The Labute approximate surface area is 113 Å². The smallest absolute Gasteiger partial charge is 0.0192 e. The van der Waals surface area contributed by atoms with E-state index in [1.165, 1.54) is 31.5 Å². The van der Waals surface area contributed by atoms with Crippen molar-refractivity contribution in [2.75, 3.05) is 26.2 Å². The molecule has 3 heteroatoms. The van der Waals surface area contributed by atoms with Crippen LogP contribution in [-0.4, -0.2) is 37.1 Å². The lowest BCUT2D eigenvalue weighted by Crippen LogP contribution is -2.49. The lowest BCUT2D eigenvalue weighted by Gasteiger charge is -2.33. The minimum absolute atomic E-state index is 0.689. The van der Waals surface area contributed by atoms with Crippen molar-refractivity contribution < 1.29 is 0 Å². The average molecular weight is 297 g/mol. The highest BCUT2D eigenvalue weighted by molar-refractivity contribution is 9.10. The van der Waals surface area contributed by atoms with Gasteiger partial charge in [-0.05, 0) is 44.0 Å². The number of piperazine rings is 1. The summed E-state index contributed by atoms with van der Waals surface area (Å²) in [5, 5.41) is 3.43. The van der Waals surface area contributed by atoms with Gasteiger partial charge in [-0.15, -0.1) is 0 Å². The van der Waals surface area contributed by atoms with Gasteiger partial charge in [0.25, 0.3) is 0 Å². The van der Waals surface area contributed by atoms with Crippen LogP contribution in [0.25, 0.3) is 0 Å². The fourth-order valence-corrected chi connectivity index (χ4v) is 2.62. The Morgan fingerprint density at radius 1 is 1.35 bits per heavy atom. The molecular weight excluding hydrogens is 276 g/mol. The number of nitrogens with one attached hydrogen (secondary N) is 1. The van der Waals surface area contributed by atoms with Crippen molar-refractivity contribution in [2.45, 2.75) is 25.8 Å². The van der Waals surface area contributed by atoms with Crippen molar-refractivity contribution in [1.29, 1.82) is 0 Å². The van der Waals surface area contributed by atoms with E-state index in [1.54, 1.807) is 0 Å². The van der Waals surface area contributed by atoms with Gasteiger partial charge in [-0.2, -0.15) is 0 Å². The molecule has 17 heavy (non-hydrogen) atoms. The molecule has 1 aromatic carbocycles. The summed E-state index contributed by atoms with van der Waals surface area (Å²) in [5.41, 5.74) is 1.44. The van der Waals surface area contributed by atoms with Crippen molar-refractivity contribution in [2.24, 2.45) is 0 Å². The molecule has 0 radical (unpaired) electrons. The van der Waals surface area contributed by atoms with Crippen molar-refractivity contribution in [1.82, 2.24) is 10.2 Å². The fourth-order valence-electron chi connectivity index (χ4n) is 2.35. The first-order valence-electron chi connectivity index (χ1n) is 6.45. The number of hydrogen-bond acceptors (Lipinski definition) is 2. The minimum atomic E-state index is 0.689. The first-order chi connectivity index (χ1) is 8.25. The lowest BCUT2D eigenvalue weighted by atomic mass is 10.1. The predicted octanol–water partition coefficient (Wildman–Crippen LogP) is 2.68. The quantitative estimate of drug-likeness (QED) is 0.919. The zero-order chi connectivity index (χ0) is 12.1. The second-order valence-corrected chi connectivity index (χ2v) is 5.73. The van der Waals surface area contributed by atoms with Crippen molar-refractivity contribution in [3.63, 3.8) is 0 Å². The van der Waals surface area contributed by atoms with Crippen LogP contribution >= 0.6 is 15.9 Å². The molecule has 0 saturated carbocycles. The van der Waals surface area contributed by atoms with Crippen LogP contribution in [0, 0.1) is 0 Å². The van der Waals surface area contributed by atoms with Crippen LogP contribution in [0.5, 0.6) is 0 Å². The van der Waals surface area contributed by atoms with E-state index >= 15 is 0 Å². The number of hydrogen-bond donors (Lipinski definition) is 1. The van der Waals surface area contributed by atoms with E-state index in [1.807, 2.05) is 0 Å². The fraction of sp³-hybridized carbons (Fsp3) is 0.571. The number of aryl methyl sites for hydroxylation is 1. The molecule has 1 fully saturated rings. The largest absolute Gasteiger partial charge is 0.314 e. The molecule has 1 aliphatic heterocycles. The minimum Gasteiger partial charge on any atom is -0.314 e. The van der Waals surface area contributed by atoms with Gasteiger partial charge in [0, 0.05) is 30.1 Å². The highest BCUT2D eigenvalue weighted by atomic mass is 79.9. The first-order valence-corrected chi connectivity index (χ1v) is 7.24. The normalized spacial score (nSPS) is 21.6. The molecule has 1 N–H and O–H groups in total. The molecule has 2 rings (SSSR count). The third kappa shape index (κ3) is 4.09. The second kappa shape index (κ2) is 6.53. The number of benzene rings is 1. The number of rotatable bonds is 4. The summed E-state index contributed by atoms with van der Waals surface area (Å²) >= 11 is 3.47. The summed E-state index contributed by atoms with van der Waals surface area (Å²) in [6, 6.07) is 9.37. The van der Waals surface area contributed by atoms with Crippen molar-refractivity contribution in [3.05, 3.63) is 34.3 Å². The standard InChI is InChI=1S/C14H21BrN2/c1-12-11-16-8-10-17(12)9-2-3-13-4-6-14(15)7-5-13/h4-7,12,16H,2-3,8-11H2,1H3. The number of halogens is 1. The van der Waals surface area contributed by atoms with Crippen molar-refractivity contribution >= 4 is 15.9 Å². The molecule has 0 amide bonds. The lowest BCUT2D eigenvalue weighted by molar-refractivity contribution is 0.172.